The van der Waals surface area contributed by atoms with E-state index in [0.29, 0.717) is 32.4 Å². The summed E-state index contributed by atoms with van der Waals surface area (Å²) in [4.78, 5) is 13.8. The fourth-order valence-electron chi connectivity index (χ4n) is 6.27. The molecule has 0 atom stereocenters. The molecular formula is C32H41N2O8S2+. The Kier molecular flexibility index (Phi) is 9.60. The Labute approximate surface area is 259 Å². The van der Waals surface area contributed by atoms with Crippen LogP contribution in [0.1, 0.15) is 74.9 Å². The van der Waals surface area contributed by atoms with E-state index in [0.717, 1.165) is 33.9 Å². The molecule has 0 aromatic heterocycles. The Morgan fingerprint density at radius 1 is 0.864 bits per heavy atom. The van der Waals surface area contributed by atoms with Crippen LogP contribution in [0.5, 0.6) is 0 Å². The number of para-hydroxylation sites is 1. The SMILES string of the molecule is CC1(C)C(/C=C/C=C2/N(CCCCS(=O)(=O)O)c3ccc(C(=O)O)cc3C2(C)C)=[N+](CCCCS(=O)(=O)O)c2ccccc21. The third-order valence-electron chi connectivity index (χ3n) is 8.51. The summed E-state index contributed by atoms with van der Waals surface area (Å²) >= 11 is 0. The molecule has 0 saturated heterocycles. The molecule has 2 aliphatic rings. The zero-order valence-corrected chi connectivity index (χ0v) is 27.2. The number of hydrogen-bond donors (Lipinski definition) is 3. The maximum Gasteiger partial charge on any atom is 0.335 e. The first kappa shape index (κ1) is 33.6. The molecule has 0 fully saturated rings. The van der Waals surface area contributed by atoms with Gasteiger partial charge in [0.1, 0.15) is 6.54 Å². The first-order valence-electron chi connectivity index (χ1n) is 14.6. The van der Waals surface area contributed by atoms with E-state index in [2.05, 4.69) is 29.4 Å². The first-order chi connectivity index (χ1) is 20.4. The van der Waals surface area contributed by atoms with Gasteiger partial charge in [0, 0.05) is 47.5 Å². The van der Waals surface area contributed by atoms with E-state index in [9.17, 15) is 31.3 Å². The fourth-order valence-corrected chi connectivity index (χ4v) is 7.41. The molecule has 2 aromatic rings. The van der Waals surface area contributed by atoms with E-state index in [1.165, 1.54) is 0 Å². The van der Waals surface area contributed by atoms with E-state index in [4.69, 9.17) is 4.55 Å². The maximum absolute atomic E-state index is 11.8. The van der Waals surface area contributed by atoms with Gasteiger partial charge in [-0.25, -0.2) is 4.79 Å². The standard InChI is InChI=1S/C32H40N2O8S2/c1-31(2)24-12-5-6-13-26(24)33(18-7-9-20-43(37,38)39)28(31)14-11-15-29-32(3,4)25-22-23(30(35)36)16-17-27(25)34(29)19-8-10-21-44(40,41)42/h5-6,11-17,22H,7-10,18-21H2,1-4H3,(H2-,35,36,37,38,39,40,41,42)/p+1. The minimum atomic E-state index is -4.07. The molecule has 44 heavy (non-hydrogen) atoms. The van der Waals surface area contributed by atoms with Gasteiger partial charge >= 0.3 is 5.97 Å². The van der Waals surface area contributed by atoms with Crippen LogP contribution in [0, 0.1) is 0 Å². The lowest BCUT2D eigenvalue weighted by Gasteiger charge is -2.27. The number of benzene rings is 2. The number of carboxylic acid groups (broad SMARTS) is 1. The second-order valence-electron chi connectivity index (χ2n) is 12.4. The zero-order chi connectivity index (χ0) is 32.5. The van der Waals surface area contributed by atoms with Crippen molar-refractivity contribution in [3.05, 3.63) is 83.1 Å². The summed E-state index contributed by atoms with van der Waals surface area (Å²) in [5.74, 6) is -1.64. The Balaban J connectivity index is 1.70. The van der Waals surface area contributed by atoms with E-state index in [1.54, 1.807) is 18.2 Å². The summed E-state index contributed by atoms with van der Waals surface area (Å²) in [6, 6.07) is 13.1. The number of nitrogens with zero attached hydrogens (tertiary/aromatic N) is 2. The van der Waals surface area contributed by atoms with E-state index >= 15 is 0 Å². The Bertz CT molecular complexity index is 1750. The highest BCUT2D eigenvalue weighted by Crippen LogP contribution is 2.48. The molecule has 2 aliphatic heterocycles. The van der Waals surface area contributed by atoms with E-state index < -0.39 is 31.6 Å². The molecule has 0 amide bonds. The van der Waals surface area contributed by atoms with Gasteiger partial charge in [-0.1, -0.05) is 38.1 Å². The summed E-state index contributed by atoms with van der Waals surface area (Å²) in [5.41, 5.74) is 5.16. The van der Waals surface area contributed by atoms with Crippen molar-refractivity contribution in [3.63, 3.8) is 0 Å². The van der Waals surface area contributed by atoms with Crippen molar-refractivity contribution < 1.29 is 40.4 Å². The summed E-state index contributed by atoms with van der Waals surface area (Å²) < 4.78 is 65.6. The summed E-state index contributed by atoms with van der Waals surface area (Å²) in [5, 5.41) is 9.63. The van der Waals surface area contributed by atoms with Gasteiger partial charge in [0.05, 0.1) is 22.5 Å². The third-order valence-corrected chi connectivity index (χ3v) is 10.1. The topological polar surface area (TPSA) is 152 Å². The van der Waals surface area contributed by atoms with Crippen molar-refractivity contribution in [2.75, 3.05) is 29.5 Å². The van der Waals surface area contributed by atoms with Crippen molar-refractivity contribution in [2.45, 2.75) is 64.2 Å². The molecular weight excluding hydrogens is 604 g/mol. The lowest BCUT2D eigenvalue weighted by molar-refractivity contribution is -0.438. The van der Waals surface area contributed by atoms with Gasteiger partial charge in [-0.2, -0.15) is 21.4 Å². The van der Waals surface area contributed by atoms with Crippen LogP contribution in [0.3, 0.4) is 0 Å². The second-order valence-corrected chi connectivity index (χ2v) is 15.5. The normalized spacial score (nSPS) is 18.3. The van der Waals surface area contributed by atoms with Crippen LogP contribution in [0.15, 0.2) is 66.4 Å². The molecule has 0 bridgehead atoms. The number of aromatic carboxylic acids is 1. The van der Waals surface area contributed by atoms with Crippen molar-refractivity contribution in [2.24, 2.45) is 0 Å². The molecule has 10 nitrogen and oxygen atoms in total. The molecule has 0 unspecified atom stereocenters. The minimum absolute atomic E-state index is 0.186. The number of fused-ring (bicyclic) bond motifs is 2. The van der Waals surface area contributed by atoms with Gasteiger partial charge < -0.3 is 10.0 Å². The number of hydrogen-bond acceptors (Lipinski definition) is 6. The third kappa shape index (κ3) is 7.31. The van der Waals surface area contributed by atoms with Crippen molar-refractivity contribution in [3.8, 4) is 0 Å². The van der Waals surface area contributed by atoms with Crippen LogP contribution < -0.4 is 4.90 Å². The predicted octanol–water partition coefficient (Wildman–Crippen LogP) is 5.33. The number of carbonyl (C=O) groups is 1. The monoisotopic (exact) mass is 645 g/mol. The predicted molar refractivity (Wildman–Crippen MR) is 172 cm³/mol. The quantitative estimate of drug-likeness (QED) is 0.149. The Morgan fingerprint density at radius 2 is 1.50 bits per heavy atom. The molecule has 0 radical (unpaired) electrons. The highest BCUT2D eigenvalue weighted by molar-refractivity contribution is 7.86. The van der Waals surface area contributed by atoms with E-state index in [-0.39, 0.29) is 28.9 Å². The summed E-state index contributed by atoms with van der Waals surface area (Å²) in [6.07, 6.45) is 7.69. The van der Waals surface area contributed by atoms with Crippen LogP contribution in [-0.2, 0) is 31.1 Å². The molecule has 0 aliphatic carbocycles. The van der Waals surface area contributed by atoms with Crippen LogP contribution in [0.2, 0.25) is 0 Å². The Morgan fingerprint density at radius 3 is 2.14 bits per heavy atom. The molecule has 3 N–H and O–H groups in total. The largest absolute Gasteiger partial charge is 0.478 e. The van der Waals surface area contributed by atoms with Gasteiger partial charge in [0.25, 0.3) is 20.2 Å². The molecule has 12 heteroatoms. The molecule has 0 spiro atoms. The molecule has 238 valence electrons. The number of allylic oxidation sites excluding steroid dienone is 4. The lowest BCUT2D eigenvalue weighted by atomic mass is 9.81. The first-order valence-corrected chi connectivity index (χ1v) is 17.8. The summed E-state index contributed by atoms with van der Waals surface area (Å²) in [7, 11) is -8.10. The molecule has 4 rings (SSSR count). The number of anilines is 1. The zero-order valence-electron chi connectivity index (χ0n) is 25.5. The van der Waals surface area contributed by atoms with Gasteiger partial charge in [0.2, 0.25) is 5.69 Å². The van der Waals surface area contributed by atoms with Crippen LogP contribution in [0.4, 0.5) is 11.4 Å². The number of carboxylic acids is 1. The molecule has 0 saturated carbocycles. The fraction of sp³-hybridized carbons (Fsp3) is 0.438. The van der Waals surface area contributed by atoms with Gasteiger partial charge in [-0.05, 0) is 62.9 Å². The van der Waals surface area contributed by atoms with Crippen molar-refractivity contribution in [1.82, 2.24) is 0 Å². The highest BCUT2D eigenvalue weighted by Gasteiger charge is 2.44. The van der Waals surface area contributed by atoms with Crippen molar-refractivity contribution >= 4 is 43.3 Å². The van der Waals surface area contributed by atoms with Crippen molar-refractivity contribution in [1.29, 1.82) is 0 Å². The Hall–Kier alpha value is -3.32. The number of unbranched alkanes of at least 4 members (excludes halogenated alkanes) is 2. The molecule has 2 heterocycles. The maximum atomic E-state index is 11.8. The lowest BCUT2D eigenvalue weighted by Crippen LogP contribution is -2.28. The average molecular weight is 646 g/mol. The van der Waals surface area contributed by atoms with Crippen LogP contribution >= 0.6 is 0 Å². The van der Waals surface area contributed by atoms with Crippen LogP contribution in [0.25, 0.3) is 0 Å². The summed E-state index contributed by atoms with van der Waals surface area (Å²) in [6.45, 7) is 9.38. The molecule has 2 aromatic carbocycles. The highest BCUT2D eigenvalue weighted by atomic mass is 32.2. The smallest absolute Gasteiger partial charge is 0.335 e. The van der Waals surface area contributed by atoms with E-state index in [1.807, 2.05) is 50.3 Å². The average Bonchev–Trinajstić information content (AvgIpc) is 3.26. The van der Waals surface area contributed by atoms with Gasteiger partial charge in [-0.15, -0.1) is 0 Å². The van der Waals surface area contributed by atoms with Crippen LogP contribution in [-0.4, -0.2) is 71.9 Å². The van der Waals surface area contributed by atoms with Gasteiger partial charge in [-0.3, -0.25) is 9.11 Å². The number of rotatable bonds is 13. The second kappa shape index (κ2) is 12.6. The minimum Gasteiger partial charge on any atom is -0.478 e. The van der Waals surface area contributed by atoms with Gasteiger partial charge in [0.15, 0.2) is 5.71 Å².